The van der Waals surface area contributed by atoms with Crippen molar-refractivity contribution >= 4 is 8.80 Å². The largest absolute Gasteiger partial charge is 0.518 e. The van der Waals surface area contributed by atoms with Crippen molar-refractivity contribution in [3.63, 3.8) is 0 Å². The fourth-order valence-corrected chi connectivity index (χ4v) is 6.70. The third-order valence-electron chi connectivity index (χ3n) is 5.34. The number of likely N-dealkylation sites (tertiary alicyclic amines) is 1. The Labute approximate surface area is 131 Å². The van der Waals surface area contributed by atoms with Crippen LogP contribution in [0.25, 0.3) is 0 Å². The number of nitrogens with zero attached hydrogens (tertiary/aromatic N) is 1. The molecule has 0 bridgehead atoms. The van der Waals surface area contributed by atoms with Crippen LogP contribution in [-0.4, -0.2) is 53.8 Å². The van der Waals surface area contributed by atoms with Gasteiger partial charge in [-0.1, -0.05) is 32.1 Å². The molecule has 0 aromatic carbocycles. The van der Waals surface area contributed by atoms with Gasteiger partial charge in [0.1, 0.15) is 0 Å². The second-order valence-corrected chi connectivity index (χ2v) is 9.68. The summed E-state index contributed by atoms with van der Waals surface area (Å²) in [5.74, 6) is 0.858. The summed E-state index contributed by atoms with van der Waals surface area (Å²) in [6.45, 7) is 2.38. The number of hydrogen-bond donors (Lipinski definition) is 0. The highest BCUT2D eigenvalue weighted by Crippen LogP contribution is 2.30. The van der Waals surface area contributed by atoms with Crippen molar-refractivity contribution < 1.29 is 13.3 Å². The molecular formula is C16H33NO3Si. The summed E-state index contributed by atoms with van der Waals surface area (Å²) in [4.78, 5) is 2.64. The fourth-order valence-electron chi connectivity index (χ4n) is 4.15. The van der Waals surface area contributed by atoms with Gasteiger partial charge in [0.2, 0.25) is 0 Å². The molecule has 1 heterocycles. The quantitative estimate of drug-likeness (QED) is 0.704. The lowest BCUT2D eigenvalue weighted by atomic mass is 9.89. The van der Waals surface area contributed by atoms with Crippen molar-refractivity contribution in [2.24, 2.45) is 5.92 Å². The summed E-state index contributed by atoms with van der Waals surface area (Å²) < 4.78 is 17.4. The van der Waals surface area contributed by atoms with E-state index in [2.05, 4.69) is 4.90 Å². The van der Waals surface area contributed by atoms with Crippen molar-refractivity contribution in [2.75, 3.05) is 34.4 Å². The summed E-state index contributed by atoms with van der Waals surface area (Å²) in [6, 6.07) is 0. The molecule has 1 saturated carbocycles. The number of rotatable bonds is 6. The lowest BCUT2D eigenvalue weighted by Crippen LogP contribution is -2.62. The molecule has 5 heteroatoms. The third kappa shape index (κ3) is 4.29. The number of hydrogen-bond acceptors (Lipinski definition) is 4. The van der Waals surface area contributed by atoms with Gasteiger partial charge >= 0.3 is 8.80 Å². The molecule has 4 nitrogen and oxygen atoms in total. The fraction of sp³-hybridized carbons (Fsp3) is 1.00. The third-order valence-corrected chi connectivity index (χ3v) is 8.52. The van der Waals surface area contributed by atoms with E-state index in [1.165, 1.54) is 64.5 Å². The highest BCUT2D eigenvalue weighted by molar-refractivity contribution is 6.62. The van der Waals surface area contributed by atoms with E-state index in [0.717, 1.165) is 12.3 Å². The molecule has 0 spiro atoms. The Bertz CT molecular complexity index is 285. The molecule has 0 N–H and O–H groups in total. The first kappa shape index (κ1) is 17.4. The Balaban J connectivity index is 2.08. The van der Waals surface area contributed by atoms with Gasteiger partial charge in [-0.2, -0.15) is 0 Å². The van der Waals surface area contributed by atoms with E-state index >= 15 is 0 Å². The maximum absolute atomic E-state index is 5.80. The minimum absolute atomic E-state index is 0.335. The highest BCUT2D eigenvalue weighted by Gasteiger charge is 2.50. The topological polar surface area (TPSA) is 30.9 Å². The molecule has 1 aliphatic carbocycles. The molecule has 2 fully saturated rings. The Hall–Kier alpha value is 0.0569. The van der Waals surface area contributed by atoms with E-state index in [9.17, 15) is 0 Å². The summed E-state index contributed by atoms with van der Waals surface area (Å²) in [6.07, 6.45) is 12.0. The normalized spacial score (nSPS) is 26.7. The zero-order chi connectivity index (χ0) is 15.1. The molecule has 1 unspecified atom stereocenters. The smallest absolute Gasteiger partial charge is 0.376 e. The summed E-state index contributed by atoms with van der Waals surface area (Å²) in [5.41, 5.74) is 0.335. The predicted octanol–water partition coefficient (Wildman–Crippen LogP) is 3.23. The van der Waals surface area contributed by atoms with Crippen molar-refractivity contribution in [2.45, 2.75) is 63.5 Å². The summed E-state index contributed by atoms with van der Waals surface area (Å²) >= 11 is 0. The van der Waals surface area contributed by atoms with Gasteiger partial charge in [0.25, 0.3) is 0 Å². The predicted molar refractivity (Wildman–Crippen MR) is 87.2 cm³/mol. The zero-order valence-electron chi connectivity index (χ0n) is 14.1. The van der Waals surface area contributed by atoms with Crippen LogP contribution in [0.1, 0.15) is 57.8 Å². The van der Waals surface area contributed by atoms with Gasteiger partial charge in [-0.3, -0.25) is 4.90 Å². The van der Waals surface area contributed by atoms with E-state index in [1.54, 1.807) is 21.3 Å². The van der Waals surface area contributed by atoms with Crippen LogP contribution in [0.15, 0.2) is 0 Å². The van der Waals surface area contributed by atoms with Crippen molar-refractivity contribution in [3.8, 4) is 0 Å². The van der Waals surface area contributed by atoms with E-state index in [4.69, 9.17) is 13.3 Å². The highest BCUT2D eigenvalue weighted by atomic mass is 28.4. The Morgan fingerprint density at radius 1 is 0.810 bits per heavy atom. The molecular weight excluding hydrogens is 282 g/mol. The van der Waals surface area contributed by atoms with Crippen molar-refractivity contribution in [1.82, 2.24) is 4.90 Å². The average Bonchev–Trinajstić information content (AvgIpc) is 2.77. The van der Waals surface area contributed by atoms with Crippen LogP contribution in [0.3, 0.4) is 0 Å². The standard InChI is InChI=1S/C16H33NO3Si/c1-18-21(19-2,20-3)16-12-8-5-9-13-17(16)14-15-10-6-4-7-11-15/h15-16H,4-14H2,1-3H3. The van der Waals surface area contributed by atoms with E-state index in [-0.39, 0.29) is 0 Å². The van der Waals surface area contributed by atoms with E-state index < -0.39 is 8.80 Å². The Morgan fingerprint density at radius 2 is 1.38 bits per heavy atom. The van der Waals surface area contributed by atoms with Crippen LogP contribution in [0.5, 0.6) is 0 Å². The van der Waals surface area contributed by atoms with Gasteiger partial charge < -0.3 is 13.3 Å². The molecule has 0 aromatic heterocycles. The van der Waals surface area contributed by atoms with Crippen LogP contribution < -0.4 is 0 Å². The first-order chi connectivity index (χ1) is 10.3. The Kier molecular flexibility index (Phi) is 7.15. The molecule has 1 aliphatic heterocycles. The summed E-state index contributed by atoms with van der Waals surface area (Å²) in [5, 5.41) is 0. The van der Waals surface area contributed by atoms with Crippen LogP contribution in [0.4, 0.5) is 0 Å². The van der Waals surface area contributed by atoms with Crippen molar-refractivity contribution in [1.29, 1.82) is 0 Å². The SMILES string of the molecule is CO[Si](OC)(OC)C1CCCCCN1CC1CCCCC1. The first-order valence-electron chi connectivity index (χ1n) is 8.65. The lowest BCUT2D eigenvalue weighted by Gasteiger charge is -2.40. The molecule has 0 radical (unpaired) electrons. The minimum atomic E-state index is -2.57. The molecule has 2 rings (SSSR count). The second kappa shape index (κ2) is 8.63. The maximum atomic E-state index is 5.80. The van der Waals surface area contributed by atoms with Gasteiger partial charge in [0.05, 0.1) is 5.67 Å². The molecule has 124 valence electrons. The van der Waals surface area contributed by atoms with Crippen molar-refractivity contribution in [3.05, 3.63) is 0 Å². The van der Waals surface area contributed by atoms with Gasteiger partial charge in [0, 0.05) is 27.9 Å². The molecule has 1 saturated heterocycles. The van der Waals surface area contributed by atoms with Crippen LogP contribution in [0, 0.1) is 5.92 Å². The van der Waals surface area contributed by atoms with Crippen LogP contribution >= 0.6 is 0 Å². The molecule has 21 heavy (non-hydrogen) atoms. The molecule has 0 aromatic rings. The zero-order valence-corrected chi connectivity index (χ0v) is 15.1. The molecule has 0 amide bonds. The monoisotopic (exact) mass is 315 g/mol. The van der Waals surface area contributed by atoms with E-state index in [1.807, 2.05) is 0 Å². The second-order valence-electron chi connectivity index (χ2n) is 6.58. The van der Waals surface area contributed by atoms with Gasteiger partial charge in [-0.25, -0.2) is 0 Å². The Morgan fingerprint density at radius 3 is 2.00 bits per heavy atom. The minimum Gasteiger partial charge on any atom is -0.376 e. The molecule has 1 atom stereocenters. The van der Waals surface area contributed by atoms with Crippen LogP contribution in [0.2, 0.25) is 0 Å². The summed E-state index contributed by atoms with van der Waals surface area (Å²) in [7, 11) is 2.69. The first-order valence-corrected chi connectivity index (χ1v) is 10.5. The molecule has 2 aliphatic rings. The van der Waals surface area contributed by atoms with Gasteiger partial charge in [-0.15, -0.1) is 0 Å². The van der Waals surface area contributed by atoms with E-state index in [0.29, 0.717) is 5.67 Å². The van der Waals surface area contributed by atoms with Gasteiger partial charge in [0.15, 0.2) is 0 Å². The van der Waals surface area contributed by atoms with Gasteiger partial charge in [-0.05, 0) is 38.1 Å². The lowest BCUT2D eigenvalue weighted by molar-refractivity contribution is 0.0656. The maximum Gasteiger partial charge on any atom is 0.518 e. The average molecular weight is 316 g/mol. The van der Waals surface area contributed by atoms with Crippen LogP contribution in [-0.2, 0) is 13.3 Å².